The van der Waals surface area contributed by atoms with Crippen LogP contribution in [0.2, 0.25) is 0 Å². The summed E-state index contributed by atoms with van der Waals surface area (Å²) in [5.74, 6) is -2.03. The molecule has 0 spiro atoms. The molecule has 0 aliphatic rings. The van der Waals surface area contributed by atoms with E-state index in [0.717, 1.165) is 0 Å². The van der Waals surface area contributed by atoms with Crippen LogP contribution in [0, 0.1) is 0 Å². The van der Waals surface area contributed by atoms with Gasteiger partial charge in [-0.2, -0.15) is 0 Å². The molecule has 0 aliphatic heterocycles. The van der Waals surface area contributed by atoms with Gasteiger partial charge in [0.2, 0.25) is 11.8 Å². The predicted molar refractivity (Wildman–Crippen MR) is 66.0 cm³/mol. The van der Waals surface area contributed by atoms with Gasteiger partial charge in [0.05, 0.1) is 13.0 Å². The molecule has 0 radical (unpaired) electrons. The molecule has 2 amide bonds. The smallest absolute Gasteiger partial charge is 0.305 e. The maximum absolute atomic E-state index is 11.5. The van der Waals surface area contributed by atoms with E-state index >= 15 is 0 Å². The van der Waals surface area contributed by atoms with Crippen LogP contribution < -0.4 is 16.0 Å². The third kappa shape index (κ3) is 7.61. The summed E-state index contributed by atoms with van der Waals surface area (Å²) in [7, 11) is 0. The lowest BCUT2D eigenvalue weighted by Gasteiger charge is -2.17. The fourth-order valence-corrected chi connectivity index (χ4v) is 1.22. The van der Waals surface area contributed by atoms with Crippen LogP contribution in [0.5, 0.6) is 0 Å². The van der Waals surface area contributed by atoms with Crippen LogP contribution in [0.1, 0.15) is 27.2 Å². The van der Waals surface area contributed by atoms with Gasteiger partial charge in [-0.1, -0.05) is 13.8 Å². The maximum Gasteiger partial charge on any atom is 0.305 e. The number of aliphatic carboxylic acids is 1. The van der Waals surface area contributed by atoms with E-state index in [1.165, 1.54) is 0 Å². The first kappa shape index (κ1) is 16.4. The van der Waals surface area contributed by atoms with Crippen LogP contribution in [-0.2, 0) is 14.4 Å². The van der Waals surface area contributed by atoms with E-state index in [1.807, 2.05) is 13.8 Å². The van der Waals surface area contributed by atoms with Crippen molar-refractivity contribution in [3.8, 4) is 0 Å². The van der Waals surface area contributed by atoms with Gasteiger partial charge in [-0.15, -0.1) is 0 Å². The standard InChI is InChI=1S/C11H21N3O4/c1-4-12-11(18)8(5-10(16)17)14-9(15)6-13-7(2)3/h7-8,13H,4-6H2,1-3H3,(H,12,18)(H,14,15)(H,16,17). The summed E-state index contributed by atoms with van der Waals surface area (Å²) in [4.78, 5) is 33.7. The average molecular weight is 259 g/mol. The quantitative estimate of drug-likeness (QED) is 0.451. The molecule has 0 heterocycles. The number of carbonyl (C=O) groups excluding carboxylic acids is 2. The van der Waals surface area contributed by atoms with E-state index in [2.05, 4.69) is 16.0 Å². The van der Waals surface area contributed by atoms with Crippen molar-refractivity contribution in [1.29, 1.82) is 0 Å². The lowest BCUT2D eigenvalue weighted by Crippen LogP contribution is -2.50. The van der Waals surface area contributed by atoms with E-state index < -0.39 is 30.2 Å². The van der Waals surface area contributed by atoms with Crippen molar-refractivity contribution in [1.82, 2.24) is 16.0 Å². The zero-order valence-electron chi connectivity index (χ0n) is 10.9. The second-order valence-electron chi connectivity index (χ2n) is 4.15. The number of hydrogen-bond acceptors (Lipinski definition) is 4. The molecule has 0 rings (SSSR count). The molecule has 7 heteroatoms. The first-order valence-corrected chi connectivity index (χ1v) is 5.89. The minimum atomic E-state index is -1.14. The third-order valence-electron chi connectivity index (χ3n) is 2.05. The van der Waals surface area contributed by atoms with E-state index in [0.29, 0.717) is 6.54 Å². The summed E-state index contributed by atoms with van der Waals surface area (Å²) in [6, 6.07) is -0.901. The molecule has 7 nitrogen and oxygen atoms in total. The monoisotopic (exact) mass is 259 g/mol. The Morgan fingerprint density at radius 3 is 2.28 bits per heavy atom. The largest absolute Gasteiger partial charge is 0.481 e. The van der Waals surface area contributed by atoms with Crippen molar-refractivity contribution in [2.24, 2.45) is 0 Å². The molecule has 0 fully saturated rings. The highest BCUT2D eigenvalue weighted by atomic mass is 16.4. The molecule has 0 saturated heterocycles. The average Bonchev–Trinajstić information content (AvgIpc) is 2.25. The molecule has 104 valence electrons. The SMILES string of the molecule is CCNC(=O)C(CC(=O)O)NC(=O)CNC(C)C. The van der Waals surface area contributed by atoms with Crippen LogP contribution in [0.25, 0.3) is 0 Å². The second-order valence-corrected chi connectivity index (χ2v) is 4.15. The van der Waals surface area contributed by atoms with Gasteiger partial charge < -0.3 is 21.1 Å². The Labute approximate surface area is 106 Å². The number of carboxylic acids is 1. The Balaban J connectivity index is 4.34. The lowest BCUT2D eigenvalue weighted by molar-refractivity contribution is -0.140. The molecule has 1 atom stereocenters. The van der Waals surface area contributed by atoms with Gasteiger partial charge in [-0.3, -0.25) is 14.4 Å². The number of rotatable bonds is 8. The number of likely N-dealkylation sites (N-methyl/N-ethyl adjacent to an activating group) is 1. The highest BCUT2D eigenvalue weighted by Gasteiger charge is 2.22. The Kier molecular flexibility index (Phi) is 7.69. The van der Waals surface area contributed by atoms with Gasteiger partial charge in [0.1, 0.15) is 6.04 Å². The fraction of sp³-hybridized carbons (Fsp3) is 0.727. The maximum atomic E-state index is 11.5. The molecule has 1 unspecified atom stereocenters. The summed E-state index contributed by atoms with van der Waals surface area (Å²) < 4.78 is 0. The molecule has 4 N–H and O–H groups in total. The molecule has 0 aliphatic carbocycles. The minimum Gasteiger partial charge on any atom is -0.481 e. The highest BCUT2D eigenvalue weighted by molar-refractivity contribution is 5.91. The summed E-state index contributed by atoms with van der Waals surface area (Å²) in [5, 5.41) is 16.4. The van der Waals surface area contributed by atoms with Crippen molar-refractivity contribution in [2.45, 2.75) is 39.3 Å². The highest BCUT2D eigenvalue weighted by Crippen LogP contribution is 1.93. The van der Waals surface area contributed by atoms with Crippen LogP contribution in [0.3, 0.4) is 0 Å². The Hall–Kier alpha value is -1.63. The van der Waals surface area contributed by atoms with Gasteiger partial charge in [0, 0.05) is 12.6 Å². The molecular weight excluding hydrogens is 238 g/mol. The molecule has 0 saturated carbocycles. The molecular formula is C11H21N3O4. The van der Waals surface area contributed by atoms with Crippen LogP contribution in [0.4, 0.5) is 0 Å². The number of amides is 2. The third-order valence-corrected chi connectivity index (χ3v) is 2.05. The number of hydrogen-bond donors (Lipinski definition) is 4. The number of carbonyl (C=O) groups is 3. The molecule has 0 aromatic carbocycles. The summed E-state index contributed by atoms with van der Waals surface area (Å²) >= 11 is 0. The van der Waals surface area contributed by atoms with Crippen LogP contribution in [0.15, 0.2) is 0 Å². The minimum absolute atomic E-state index is 0.0488. The van der Waals surface area contributed by atoms with Crippen molar-refractivity contribution in [2.75, 3.05) is 13.1 Å². The van der Waals surface area contributed by atoms with E-state index in [4.69, 9.17) is 5.11 Å². The van der Waals surface area contributed by atoms with Crippen LogP contribution >= 0.6 is 0 Å². The summed E-state index contributed by atoms with van der Waals surface area (Å²) in [6.45, 7) is 5.91. The zero-order valence-corrected chi connectivity index (χ0v) is 10.9. The normalized spacial score (nSPS) is 12.0. The van der Waals surface area contributed by atoms with Gasteiger partial charge >= 0.3 is 5.97 Å². The Morgan fingerprint density at radius 2 is 1.83 bits per heavy atom. The topological polar surface area (TPSA) is 108 Å². The van der Waals surface area contributed by atoms with Gasteiger partial charge in [0.25, 0.3) is 0 Å². The Morgan fingerprint density at radius 1 is 1.22 bits per heavy atom. The van der Waals surface area contributed by atoms with E-state index in [-0.39, 0.29) is 12.6 Å². The second kappa shape index (κ2) is 8.46. The molecule has 0 aromatic heterocycles. The molecule has 0 aromatic rings. The Bertz CT molecular complexity index is 305. The summed E-state index contributed by atoms with van der Waals surface area (Å²) in [5.41, 5.74) is 0. The number of carboxylic acid groups (broad SMARTS) is 1. The van der Waals surface area contributed by atoms with Crippen molar-refractivity contribution in [3.05, 3.63) is 0 Å². The van der Waals surface area contributed by atoms with Crippen molar-refractivity contribution >= 4 is 17.8 Å². The predicted octanol–water partition coefficient (Wildman–Crippen LogP) is -0.920. The van der Waals surface area contributed by atoms with Crippen molar-refractivity contribution in [3.63, 3.8) is 0 Å². The van der Waals surface area contributed by atoms with Gasteiger partial charge in [0.15, 0.2) is 0 Å². The van der Waals surface area contributed by atoms with Gasteiger partial charge in [-0.05, 0) is 6.92 Å². The molecule has 0 bridgehead atoms. The first-order valence-electron chi connectivity index (χ1n) is 5.89. The molecule has 18 heavy (non-hydrogen) atoms. The van der Waals surface area contributed by atoms with Crippen LogP contribution in [-0.4, -0.2) is 48.1 Å². The number of nitrogens with one attached hydrogen (secondary N) is 3. The van der Waals surface area contributed by atoms with Crippen molar-refractivity contribution < 1.29 is 19.5 Å². The zero-order chi connectivity index (χ0) is 14.1. The van der Waals surface area contributed by atoms with Gasteiger partial charge in [-0.25, -0.2) is 0 Å². The van der Waals surface area contributed by atoms with E-state index in [1.54, 1.807) is 6.92 Å². The summed E-state index contributed by atoms with van der Waals surface area (Å²) in [6.07, 6.45) is -0.431. The van der Waals surface area contributed by atoms with E-state index in [9.17, 15) is 14.4 Å². The fourth-order valence-electron chi connectivity index (χ4n) is 1.22. The lowest BCUT2D eigenvalue weighted by atomic mass is 10.2. The first-order chi connectivity index (χ1) is 8.36.